The molecular formula is C12H19N3O4. The van der Waals surface area contributed by atoms with Crippen LogP contribution >= 0.6 is 0 Å². The van der Waals surface area contributed by atoms with Crippen molar-refractivity contribution in [1.29, 1.82) is 0 Å². The van der Waals surface area contributed by atoms with E-state index in [1.807, 2.05) is 0 Å². The van der Waals surface area contributed by atoms with Crippen LogP contribution < -0.4 is 0 Å². The molecule has 7 nitrogen and oxygen atoms in total. The van der Waals surface area contributed by atoms with E-state index in [0.29, 0.717) is 25.3 Å². The second kappa shape index (κ2) is 7.20. The van der Waals surface area contributed by atoms with E-state index in [-0.39, 0.29) is 12.1 Å². The van der Waals surface area contributed by atoms with Gasteiger partial charge in [0.05, 0.1) is 26.2 Å². The number of ether oxygens (including phenoxy) is 2. The van der Waals surface area contributed by atoms with Crippen molar-refractivity contribution < 1.29 is 18.8 Å². The van der Waals surface area contributed by atoms with Crippen LogP contribution in [-0.2, 0) is 20.8 Å². The molecule has 1 unspecified atom stereocenters. The van der Waals surface area contributed by atoms with E-state index >= 15 is 0 Å². The summed E-state index contributed by atoms with van der Waals surface area (Å²) in [5, 5.41) is 3.79. The maximum Gasteiger partial charge on any atom is 0.306 e. The van der Waals surface area contributed by atoms with E-state index < -0.39 is 0 Å². The Hall–Kier alpha value is -1.47. The Morgan fingerprint density at radius 1 is 1.63 bits per heavy atom. The average molecular weight is 269 g/mol. The molecule has 2 rings (SSSR count). The highest BCUT2D eigenvalue weighted by atomic mass is 16.5. The van der Waals surface area contributed by atoms with Crippen LogP contribution in [0.25, 0.3) is 0 Å². The van der Waals surface area contributed by atoms with Crippen LogP contribution in [0.1, 0.15) is 25.1 Å². The Morgan fingerprint density at radius 3 is 3.16 bits per heavy atom. The molecule has 19 heavy (non-hydrogen) atoms. The van der Waals surface area contributed by atoms with Crippen molar-refractivity contribution >= 4 is 5.97 Å². The fourth-order valence-corrected chi connectivity index (χ4v) is 2.12. The van der Waals surface area contributed by atoms with Gasteiger partial charge in [-0.15, -0.1) is 0 Å². The number of esters is 1. The van der Waals surface area contributed by atoms with Crippen LogP contribution in [0.2, 0.25) is 0 Å². The lowest BCUT2D eigenvalue weighted by Crippen LogP contribution is -2.34. The SMILES string of the molecule is COC(=O)CCN(Cc1ncon1)CC1CCCO1. The smallest absolute Gasteiger partial charge is 0.306 e. The average Bonchev–Trinajstić information content (AvgIpc) is 3.08. The van der Waals surface area contributed by atoms with Gasteiger partial charge in [0, 0.05) is 19.7 Å². The number of aromatic nitrogens is 2. The van der Waals surface area contributed by atoms with Gasteiger partial charge < -0.3 is 14.0 Å². The predicted octanol–water partition coefficient (Wildman–Crippen LogP) is 0.614. The molecule has 0 N–H and O–H groups in total. The Kier molecular flexibility index (Phi) is 5.29. The maximum atomic E-state index is 11.2. The van der Waals surface area contributed by atoms with Crippen molar-refractivity contribution in [3.05, 3.63) is 12.2 Å². The van der Waals surface area contributed by atoms with E-state index in [4.69, 9.17) is 9.26 Å². The molecule has 0 radical (unpaired) electrons. The van der Waals surface area contributed by atoms with Crippen LogP contribution in [0.3, 0.4) is 0 Å². The summed E-state index contributed by atoms with van der Waals surface area (Å²) >= 11 is 0. The molecule has 1 aliphatic rings. The topological polar surface area (TPSA) is 77.7 Å². The molecule has 1 aromatic heterocycles. The summed E-state index contributed by atoms with van der Waals surface area (Å²) in [6.07, 6.45) is 4.03. The second-order valence-corrected chi connectivity index (χ2v) is 4.54. The minimum Gasteiger partial charge on any atom is -0.469 e. The molecule has 1 saturated heterocycles. The monoisotopic (exact) mass is 269 g/mol. The number of hydrogen-bond donors (Lipinski definition) is 0. The zero-order valence-electron chi connectivity index (χ0n) is 11.1. The van der Waals surface area contributed by atoms with E-state index in [1.165, 1.54) is 13.5 Å². The summed E-state index contributed by atoms with van der Waals surface area (Å²) in [6.45, 7) is 2.73. The molecule has 1 aliphatic heterocycles. The standard InChI is InChI=1S/C12H19N3O4/c1-17-12(16)4-5-15(7-10-3-2-6-18-10)8-11-13-9-19-14-11/h9-10H,2-8H2,1H3. The van der Waals surface area contributed by atoms with Crippen LogP contribution in [0, 0.1) is 0 Å². The van der Waals surface area contributed by atoms with E-state index in [0.717, 1.165) is 26.0 Å². The summed E-state index contributed by atoms with van der Waals surface area (Å²) < 4.78 is 15.0. The third-order valence-corrected chi connectivity index (χ3v) is 3.12. The quantitative estimate of drug-likeness (QED) is 0.671. The normalized spacial score (nSPS) is 18.9. The molecule has 1 atom stereocenters. The summed E-state index contributed by atoms with van der Waals surface area (Å²) in [5.41, 5.74) is 0. The number of nitrogens with zero attached hydrogens (tertiary/aromatic N) is 3. The fraction of sp³-hybridized carbons (Fsp3) is 0.750. The van der Waals surface area contributed by atoms with Crippen molar-refractivity contribution in [2.45, 2.75) is 31.9 Å². The molecule has 0 amide bonds. The largest absolute Gasteiger partial charge is 0.469 e. The van der Waals surface area contributed by atoms with Gasteiger partial charge in [0.1, 0.15) is 0 Å². The lowest BCUT2D eigenvalue weighted by atomic mass is 10.2. The van der Waals surface area contributed by atoms with Crippen molar-refractivity contribution in [3.63, 3.8) is 0 Å². The highest BCUT2D eigenvalue weighted by Crippen LogP contribution is 2.14. The molecule has 106 valence electrons. The number of hydrogen-bond acceptors (Lipinski definition) is 7. The fourth-order valence-electron chi connectivity index (χ4n) is 2.12. The van der Waals surface area contributed by atoms with Crippen LogP contribution in [0.5, 0.6) is 0 Å². The van der Waals surface area contributed by atoms with E-state index in [2.05, 4.69) is 19.8 Å². The van der Waals surface area contributed by atoms with E-state index in [9.17, 15) is 4.79 Å². The number of carbonyl (C=O) groups excluding carboxylic acids is 1. The Labute approximate surface area is 111 Å². The number of rotatable bonds is 7. The third kappa shape index (κ3) is 4.60. The minimum atomic E-state index is -0.217. The van der Waals surface area contributed by atoms with Crippen LogP contribution in [0.15, 0.2) is 10.9 Å². The molecule has 1 aromatic rings. The van der Waals surface area contributed by atoms with Gasteiger partial charge in [-0.1, -0.05) is 5.16 Å². The van der Waals surface area contributed by atoms with Gasteiger partial charge in [0.25, 0.3) is 0 Å². The first-order valence-corrected chi connectivity index (χ1v) is 6.44. The van der Waals surface area contributed by atoms with Gasteiger partial charge in [0.15, 0.2) is 5.82 Å². The van der Waals surface area contributed by atoms with Crippen molar-refractivity contribution in [1.82, 2.24) is 15.0 Å². The lowest BCUT2D eigenvalue weighted by molar-refractivity contribution is -0.141. The van der Waals surface area contributed by atoms with E-state index in [1.54, 1.807) is 0 Å². The van der Waals surface area contributed by atoms with Crippen molar-refractivity contribution in [2.75, 3.05) is 26.8 Å². The van der Waals surface area contributed by atoms with Gasteiger partial charge >= 0.3 is 5.97 Å². The zero-order valence-corrected chi connectivity index (χ0v) is 11.1. The summed E-state index contributed by atoms with van der Waals surface area (Å²) in [5.74, 6) is 0.397. The molecule has 0 bridgehead atoms. The first-order chi connectivity index (χ1) is 9.28. The van der Waals surface area contributed by atoms with Crippen LogP contribution in [-0.4, -0.2) is 53.9 Å². The predicted molar refractivity (Wildman–Crippen MR) is 65.2 cm³/mol. The lowest BCUT2D eigenvalue weighted by Gasteiger charge is -2.23. The molecule has 0 spiro atoms. The highest BCUT2D eigenvalue weighted by molar-refractivity contribution is 5.69. The summed E-state index contributed by atoms with van der Waals surface area (Å²) in [7, 11) is 1.39. The minimum absolute atomic E-state index is 0.217. The summed E-state index contributed by atoms with van der Waals surface area (Å²) in [6, 6.07) is 0. The highest BCUT2D eigenvalue weighted by Gasteiger charge is 2.20. The molecule has 0 saturated carbocycles. The van der Waals surface area contributed by atoms with Gasteiger partial charge in [-0.25, -0.2) is 0 Å². The zero-order chi connectivity index (χ0) is 13.5. The molecule has 1 fully saturated rings. The van der Waals surface area contributed by atoms with Gasteiger partial charge in [0.2, 0.25) is 6.39 Å². The molecule has 0 aromatic carbocycles. The summed E-state index contributed by atoms with van der Waals surface area (Å²) in [4.78, 5) is 17.3. The molecule has 0 aliphatic carbocycles. The maximum absolute atomic E-state index is 11.2. The second-order valence-electron chi connectivity index (χ2n) is 4.54. The van der Waals surface area contributed by atoms with Gasteiger partial charge in [-0.3, -0.25) is 9.69 Å². The number of carbonyl (C=O) groups is 1. The first kappa shape index (κ1) is 14.0. The Bertz CT molecular complexity index is 376. The van der Waals surface area contributed by atoms with Crippen molar-refractivity contribution in [2.24, 2.45) is 0 Å². The number of methoxy groups -OCH3 is 1. The first-order valence-electron chi connectivity index (χ1n) is 6.44. The molecular weight excluding hydrogens is 250 g/mol. The third-order valence-electron chi connectivity index (χ3n) is 3.12. The molecule has 2 heterocycles. The van der Waals surface area contributed by atoms with Crippen LogP contribution in [0.4, 0.5) is 0 Å². The Balaban J connectivity index is 1.85. The molecule has 7 heteroatoms. The van der Waals surface area contributed by atoms with Gasteiger partial charge in [-0.05, 0) is 12.8 Å². The van der Waals surface area contributed by atoms with Gasteiger partial charge in [-0.2, -0.15) is 4.98 Å². The van der Waals surface area contributed by atoms with Crippen molar-refractivity contribution in [3.8, 4) is 0 Å². The Morgan fingerprint density at radius 2 is 2.53 bits per heavy atom.